The summed E-state index contributed by atoms with van der Waals surface area (Å²) in [5.74, 6) is 0.887. The van der Waals surface area contributed by atoms with Crippen molar-refractivity contribution in [2.75, 3.05) is 26.4 Å². The lowest BCUT2D eigenvalue weighted by Crippen LogP contribution is -2.40. The van der Waals surface area contributed by atoms with Crippen molar-refractivity contribution < 1.29 is 14.6 Å². The average molecular weight is 316 g/mol. The summed E-state index contributed by atoms with van der Waals surface area (Å²) in [6.07, 6.45) is 1.55. The lowest BCUT2D eigenvalue weighted by atomic mass is 10.1. The molecule has 5 heteroatoms. The van der Waals surface area contributed by atoms with Gasteiger partial charge in [0.2, 0.25) is 0 Å². The average Bonchev–Trinajstić information content (AvgIpc) is 2.46. The number of hydrogen-bond acceptors (Lipinski definition) is 4. The van der Waals surface area contributed by atoms with Gasteiger partial charge in [0.1, 0.15) is 18.5 Å². The van der Waals surface area contributed by atoms with Crippen molar-refractivity contribution in [2.24, 2.45) is 0 Å². The monoisotopic (exact) mass is 315 g/mol. The molecule has 4 nitrogen and oxygen atoms in total. The van der Waals surface area contributed by atoms with E-state index in [9.17, 15) is 5.11 Å². The molecule has 0 radical (unpaired) electrons. The number of nitrogens with one attached hydrogen (secondary N) is 1. The molecule has 0 aliphatic carbocycles. The van der Waals surface area contributed by atoms with E-state index in [2.05, 4.69) is 5.32 Å². The molecule has 0 spiro atoms. The number of aryl methyl sites for hydroxylation is 2. The number of aliphatic hydroxyl groups excluding tert-OH is 1. The van der Waals surface area contributed by atoms with Gasteiger partial charge in [-0.2, -0.15) is 0 Å². The van der Waals surface area contributed by atoms with Gasteiger partial charge in [-0.15, -0.1) is 12.4 Å². The number of halogens is 1. The van der Waals surface area contributed by atoms with Crippen molar-refractivity contribution in [3.8, 4) is 5.75 Å². The fraction of sp³-hybridized carbons (Fsp3) is 0.625. The molecule has 0 amide bonds. The van der Waals surface area contributed by atoms with Crippen molar-refractivity contribution in [1.82, 2.24) is 5.32 Å². The molecule has 21 heavy (non-hydrogen) atoms. The van der Waals surface area contributed by atoms with E-state index < -0.39 is 6.10 Å². The molecular formula is C16H26ClNO3. The van der Waals surface area contributed by atoms with Gasteiger partial charge in [0.15, 0.2) is 0 Å². The molecule has 0 aromatic heterocycles. The highest BCUT2D eigenvalue weighted by molar-refractivity contribution is 5.85. The lowest BCUT2D eigenvalue weighted by Gasteiger charge is -2.24. The second kappa shape index (κ2) is 9.26. The SMILES string of the molecule is Cc1cccc(C)c1OCC(O)CNC1CCOCC1.Cl. The van der Waals surface area contributed by atoms with E-state index in [4.69, 9.17) is 9.47 Å². The second-order valence-electron chi connectivity index (χ2n) is 5.48. The molecule has 1 aliphatic heterocycles. The minimum atomic E-state index is -0.489. The quantitative estimate of drug-likeness (QED) is 0.845. The summed E-state index contributed by atoms with van der Waals surface area (Å²) in [5.41, 5.74) is 2.21. The maximum Gasteiger partial charge on any atom is 0.125 e. The summed E-state index contributed by atoms with van der Waals surface area (Å²) in [5, 5.41) is 13.4. The Morgan fingerprint density at radius 1 is 1.29 bits per heavy atom. The van der Waals surface area contributed by atoms with Crippen LogP contribution in [0.5, 0.6) is 5.75 Å². The maximum atomic E-state index is 10.0. The zero-order valence-corrected chi connectivity index (χ0v) is 13.6. The van der Waals surface area contributed by atoms with Crippen LogP contribution in [0, 0.1) is 13.8 Å². The summed E-state index contributed by atoms with van der Waals surface area (Å²) < 4.78 is 11.1. The van der Waals surface area contributed by atoms with Gasteiger partial charge in [0.05, 0.1) is 0 Å². The first-order chi connectivity index (χ1) is 9.66. The number of para-hydroxylation sites is 1. The molecule has 1 unspecified atom stereocenters. The Kier molecular flexibility index (Phi) is 8.04. The summed E-state index contributed by atoms with van der Waals surface area (Å²) >= 11 is 0. The van der Waals surface area contributed by atoms with Crippen molar-refractivity contribution in [3.05, 3.63) is 29.3 Å². The predicted molar refractivity (Wildman–Crippen MR) is 86.5 cm³/mol. The number of hydrogen-bond donors (Lipinski definition) is 2. The van der Waals surface area contributed by atoms with Crippen LogP contribution < -0.4 is 10.1 Å². The smallest absolute Gasteiger partial charge is 0.125 e. The number of aliphatic hydroxyl groups is 1. The Balaban J connectivity index is 0.00000220. The van der Waals surface area contributed by atoms with Crippen LogP contribution in [0.15, 0.2) is 18.2 Å². The van der Waals surface area contributed by atoms with E-state index in [0.717, 1.165) is 42.9 Å². The minimum absolute atomic E-state index is 0. The zero-order valence-electron chi connectivity index (χ0n) is 12.8. The molecule has 1 aromatic rings. The molecule has 1 aliphatic rings. The van der Waals surface area contributed by atoms with Crippen LogP contribution in [0.2, 0.25) is 0 Å². The molecule has 0 saturated carbocycles. The van der Waals surface area contributed by atoms with Gasteiger partial charge in [-0.3, -0.25) is 0 Å². The van der Waals surface area contributed by atoms with E-state index in [-0.39, 0.29) is 12.4 Å². The summed E-state index contributed by atoms with van der Waals surface area (Å²) in [7, 11) is 0. The normalized spacial score (nSPS) is 17.1. The summed E-state index contributed by atoms with van der Waals surface area (Å²) in [4.78, 5) is 0. The molecule has 2 rings (SSSR count). The van der Waals surface area contributed by atoms with E-state index in [1.54, 1.807) is 0 Å². The van der Waals surface area contributed by atoms with Crippen LogP contribution in [-0.4, -0.2) is 43.6 Å². The van der Waals surface area contributed by atoms with Gasteiger partial charge >= 0.3 is 0 Å². The van der Waals surface area contributed by atoms with E-state index in [1.807, 2.05) is 32.0 Å². The van der Waals surface area contributed by atoms with Crippen LogP contribution in [0.3, 0.4) is 0 Å². The van der Waals surface area contributed by atoms with Crippen molar-refractivity contribution in [1.29, 1.82) is 0 Å². The predicted octanol–water partition coefficient (Wildman–Crippen LogP) is 2.23. The third-order valence-corrected chi connectivity index (χ3v) is 3.69. The largest absolute Gasteiger partial charge is 0.490 e. The van der Waals surface area contributed by atoms with Crippen molar-refractivity contribution in [2.45, 2.75) is 38.8 Å². The topological polar surface area (TPSA) is 50.7 Å². The molecule has 1 heterocycles. The fourth-order valence-electron chi connectivity index (χ4n) is 2.47. The van der Waals surface area contributed by atoms with Crippen molar-refractivity contribution in [3.63, 3.8) is 0 Å². The van der Waals surface area contributed by atoms with Gasteiger partial charge in [0, 0.05) is 25.8 Å². The van der Waals surface area contributed by atoms with Crippen molar-refractivity contribution >= 4 is 12.4 Å². The molecule has 0 bridgehead atoms. The van der Waals surface area contributed by atoms with Gasteiger partial charge in [-0.05, 0) is 37.8 Å². The number of ether oxygens (including phenoxy) is 2. The van der Waals surface area contributed by atoms with Crippen LogP contribution in [0.1, 0.15) is 24.0 Å². The standard InChI is InChI=1S/C16H25NO3.ClH/c1-12-4-3-5-13(2)16(12)20-11-15(18)10-17-14-6-8-19-9-7-14;/h3-5,14-15,17-18H,6-11H2,1-2H3;1H. The Morgan fingerprint density at radius 2 is 1.90 bits per heavy atom. The highest BCUT2D eigenvalue weighted by atomic mass is 35.5. The molecule has 1 aromatic carbocycles. The maximum absolute atomic E-state index is 10.0. The molecule has 2 N–H and O–H groups in total. The van der Waals surface area contributed by atoms with Gasteiger partial charge < -0.3 is 19.9 Å². The molecule has 1 atom stereocenters. The highest BCUT2D eigenvalue weighted by Crippen LogP contribution is 2.22. The Labute approximate surface area is 133 Å². The van der Waals surface area contributed by atoms with E-state index >= 15 is 0 Å². The van der Waals surface area contributed by atoms with Gasteiger partial charge in [-0.25, -0.2) is 0 Å². The van der Waals surface area contributed by atoms with E-state index in [1.165, 1.54) is 0 Å². The minimum Gasteiger partial charge on any atom is -0.490 e. The third-order valence-electron chi connectivity index (χ3n) is 3.69. The molecule has 120 valence electrons. The fourth-order valence-corrected chi connectivity index (χ4v) is 2.47. The molecular weight excluding hydrogens is 290 g/mol. The highest BCUT2D eigenvalue weighted by Gasteiger charge is 2.15. The molecule has 1 saturated heterocycles. The first kappa shape index (κ1) is 18.2. The van der Waals surface area contributed by atoms with Crippen LogP contribution in [0.4, 0.5) is 0 Å². The third kappa shape index (κ3) is 5.83. The van der Waals surface area contributed by atoms with Crippen LogP contribution in [-0.2, 0) is 4.74 Å². The Hall–Kier alpha value is -0.810. The zero-order chi connectivity index (χ0) is 14.4. The van der Waals surface area contributed by atoms with E-state index in [0.29, 0.717) is 19.2 Å². The summed E-state index contributed by atoms with van der Waals surface area (Å²) in [6, 6.07) is 6.52. The summed E-state index contributed by atoms with van der Waals surface area (Å²) in [6.45, 7) is 6.56. The number of rotatable bonds is 6. The van der Waals surface area contributed by atoms with Gasteiger partial charge in [0.25, 0.3) is 0 Å². The Bertz CT molecular complexity index is 402. The van der Waals surface area contributed by atoms with Crippen LogP contribution in [0.25, 0.3) is 0 Å². The first-order valence-corrected chi connectivity index (χ1v) is 7.35. The second-order valence-corrected chi connectivity index (χ2v) is 5.48. The van der Waals surface area contributed by atoms with Crippen LogP contribution >= 0.6 is 12.4 Å². The first-order valence-electron chi connectivity index (χ1n) is 7.35. The number of benzene rings is 1. The Morgan fingerprint density at radius 3 is 2.52 bits per heavy atom. The van der Waals surface area contributed by atoms with Gasteiger partial charge in [-0.1, -0.05) is 18.2 Å². The molecule has 1 fully saturated rings. The lowest BCUT2D eigenvalue weighted by molar-refractivity contribution is 0.0653.